The van der Waals surface area contributed by atoms with Gasteiger partial charge in [-0.1, -0.05) is 24.3 Å². The minimum Gasteiger partial charge on any atom is -0.494 e. The molecule has 0 amide bonds. The Kier molecular flexibility index (Phi) is 3.19. The lowest BCUT2D eigenvalue weighted by molar-refractivity contribution is 0.340. The van der Waals surface area contributed by atoms with E-state index >= 15 is 0 Å². The van der Waals surface area contributed by atoms with E-state index in [1.165, 1.54) is 0 Å². The molecular formula is C16H16N2O. The zero-order chi connectivity index (χ0) is 13.1. The highest BCUT2D eigenvalue weighted by molar-refractivity contribution is 6.10. The van der Waals surface area contributed by atoms with Crippen molar-refractivity contribution in [2.45, 2.75) is 6.92 Å². The molecule has 1 atom stereocenters. The largest absolute Gasteiger partial charge is 0.494 e. The van der Waals surface area contributed by atoms with Crippen LogP contribution in [0.4, 0.5) is 0 Å². The van der Waals surface area contributed by atoms with Gasteiger partial charge >= 0.3 is 0 Å². The Morgan fingerprint density at radius 3 is 2.84 bits per heavy atom. The quantitative estimate of drug-likeness (QED) is 0.896. The van der Waals surface area contributed by atoms with Gasteiger partial charge in [-0.15, -0.1) is 0 Å². The molecule has 0 aromatic heterocycles. The predicted octanol–water partition coefficient (Wildman–Crippen LogP) is 3.13. The second kappa shape index (κ2) is 5.14. The summed E-state index contributed by atoms with van der Waals surface area (Å²) < 4.78 is 5.46. The van der Waals surface area contributed by atoms with Crippen LogP contribution >= 0.6 is 0 Å². The van der Waals surface area contributed by atoms with Crippen LogP contribution in [-0.2, 0) is 0 Å². The van der Waals surface area contributed by atoms with Crippen LogP contribution in [0.3, 0.4) is 0 Å². The molecule has 3 nitrogen and oxygen atoms in total. The Bertz CT molecular complexity index is 579. The van der Waals surface area contributed by atoms with Crippen LogP contribution in [0.1, 0.15) is 12.5 Å². The summed E-state index contributed by atoms with van der Waals surface area (Å²) in [5, 5.41) is 3.12. The molecular weight excluding hydrogens is 236 g/mol. The van der Waals surface area contributed by atoms with Crippen molar-refractivity contribution < 1.29 is 4.74 Å². The molecule has 19 heavy (non-hydrogen) atoms. The average molecular weight is 252 g/mol. The van der Waals surface area contributed by atoms with Gasteiger partial charge in [-0.2, -0.15) is 0 Å². The van der Waals surface area contributed by atoms with Crippen LogP contribution in [0.5, 0.6) is 5.75 Å². The Morgan fingerprint density at radius 1 is 1.21 bits per heavy atom. The second-order valence-corrected chi connectivity index (χ2v) is 4.47. The molecule has 3 rings (SSSR count). The van der Waals surface area contributed by atoms with Gasteiger partial charge in [0.05, 0.1) is 6.61 Å². The fraction of sp³-hybridized carbons (Fsp3) is 0.188. The topological polar surface area (TPSA) is 33.6 Å². The van der Waals surface area contributed by atoms with Gasteiger partial charge < -0.3 is 10.1 Å². The normalized spacial score (nSPS) is 20.2. The summed E-state index contributed by atoms with van der Waals surface area (Å²) in [6.45, 7) is 2.68. The van der Waals surface area contributed by atoms with E-state index in [-0.39, 0.29) is 0 Å². The van der Waals surface area contributed by atoms with E-state index in [1.54, 1.807) is 0 Å². The first-order valence-corrected chi connectivity index (χ1v) is 6.49. The highest BCUT2D eigenvalue weighted by Gasteiger charge is 2.11. The number of nitrogens with zero attached hydrogens (tertiary/aromatic N) is 1. The summed E-state index contributed by atoms with van der Waals surface area (Å²) in [7, 11) is 0. The van der Waals surface area contributed by atoms with Gasteiger partial charge in [0.1, 0.15) is 11.6 Å². The summed E-state index contributed by atoms with van der Waals surface area (Å²) >= 11 is 0. The van der Waals surface area contributed by atoms with Gasteiger partial charge in [-0.05, 0) is 42.5 Å². The van der Waals surface area contributed by atoms with Crippen LogP contribution in [0.2, 0.25) is 0 Å². The summed E-state index contributed by atoms with van der Waals surface area (Å²) in [4.78, 5) is 4.43. The predicted molar refractivity (Wildman–Crippen MR) is 77.9 cm³/mol. The molecule has 0 spiro atoms. The van der Waals surface area contributed by atoms with E-state index in [9.17, 15) is 0 Å². The fourth-order valence-electron chi connectivity index (χ4n) is 2.19. The van der Waals surface area contributed by atoms with Crippen molar-refractivity contribution in [3.8, 4) is 5.75 Å². The van der Waals surface area contributed by atoms with Gasteiger partial charge in [0, 0.05) is 12.1 Å². The van der Waals surface area contributed by atoms with Crippen LogP contribution < -0.4 is 10.1 Å². The molecule has 0 aliphatic carbocycles. The lowest BCUT2D eigenvalue weighted by atomic mass is 10.00. The van der Waals surface area contributed by atoms with E-state index in [0.29, 0.717) is 12.5 Å². The SMILES string of the molecule is CCOc1ccc(C2=CC3C=CNC(=C3)N=C2)cc1. The Labute approximate surface area is 113 Å². The number of ether oxygens (including phenoxy) is 1. The van der Waals surface area contributed by atoms with Crippen molar-refractivity contribution in [1.82, 2.24) is 5.32 Å². The number of hydrogen-bond acceptors (Lipinski definition) is 3. The van der Waals surface area contributed by atoms with Crippen molar-refractivity contribution in [1.29, 1.82) is 0 Å². The maximum absolute atomic E-state index is 5.46. The lowest BCUT2D eigenvalue weighted by Gasteiger charge is -2.09. The number of rotatable bonds is 3. The highest BCUT2D eigenvalue weighted by atomic mass is 16.5. The first-order chi connectivity index (χ1) is 9.35. The van der Waals surface area contributed by atoms with E-state index in [0.717, 1.165) is 22.7 Å². The number of fused-ring (bicyclic) bond motifs is 1. The molecule has 2 aliphatic rings. The molecule has 2 aliphatic heterocycles. The summed E-state index contributed by atoms with van der Waals surface area (Å²) in [6.07, 6.45) is 10.3. The van der Waals surface area contributed by atoms with Gasteiger partial charge in [0.2, 0.25) is 0 Å². The van der Waals surface area contributed by atoms with Gasteiger partial charge in [0.15, 0.2) is 0 Å². The molecule has 1 N–H and O–H groups in total. The molecule has 0 saturated heterocycles. The van der Waals surface area contributed by atoms with Crippen molar-refractivity contribution in [3.63, 3.8) is 0 Å². The minimum absolute atomic E-state index is 0.306. The monoisotopic (exact) mass is 252 g/mol. The molecule has 2 heterocycles. The minimum atomic E-state index is 0.306. The molecule has 0 fully saturated rings. The highest BCUT2D eigenvalue weighted by Crippen LogP contribution is 2.24. The molecule has 1 unspecified atom stereocenters. The van der Waals surface area contributed by atoms with E-state index in [2.05, 4.69) is 40.7 Å². The summed E-state index contributed by atoms with van der Waals surface area (Å²) in [5.41, 5.74) is 2.29. The van der Waals surface area contributed by atoms with Crippen LogP contribution in [0.15, 0.2) is 59.5 Å². The van der Waals surface area contributed by atoms with Gasteiger partial charge in [-0.25, -0.2) is 4.99 Å². The number of allylic oxidation sites excluding steroid dienone is 4. The van der Waals surface area contributed by atoms with E-state index in [1.807, 2.05) is 31.5 Å². The van der Waals surface area contributed by atoms with Crippen molar-refractivity contribution in [2.75, 3.05) is 6.61 Å². The summed E-state index contributed by atoms with van der Waals surface area (Å²) in [5.74, 6) is 2.11. The maximum Gasteiger partial charge on any atom is 0.126 e. The number of benzene rings is 1. The van der Waals surface area contributed by atoms with Gasteiger partial charge in [0.25, 0.3) is 0 Å². The average Bonchev–Trinajstić information content (AvgIpc) is 2.59. The smallest absolute Gasteiger partial charge is 0.126 e. The first kappa shape index (κ1) is 11.8. The standard InChI is InChI=1S/C16H16N2O/c1-2-19-15-5-3-13(4-6-15)14-9-12-7-8-17-16(10-12)18-11-14/h3-12,17H,2H2,1H3. The Hall–Kier alpha value is -2.29. The van der Waals surface area contributed by atoms with E-state index < -0.39 is 0 Å². The molecule has 0 radical (unpaired) electrons. The second-order valence-electron chi connectivity index (χ2n) is 4.47. The Balaban J connectivity index is 1.87. The maximum atomic E-state index is 5.46. The summed E-state index contributed by atoms with van der Waals surface area (Å²) in [6, 6.07) is 8.13. The van der Waals surface area contributed by atoms with Crippen LogP contribution in [0, 0.1) is 5.92 Å². The number of hydrogen-bond donors (Lipinski definition) is 1. The Morgan fingerprint density at radius 2 is 2.05 bits per heavy atom. The van der Waals surface area contributed by atoms with Crippen LogP contribution in [-0.4, -0.2) is 12.8 Å². The van der Waals surface area contributed by atoms with Gasteiger partial charge in [-0.3, -0.25) is 0 Å². The molecule has 3 heteroatoms. The van der Waals surface area contributed by atoms with E-state index in [4.69, 9.17) is 4.74 Å². The molecule has 1 aromatic carbocycles. The number of aliphatic imine (C=N–C) groups is 1. The fourth-order valence-corrected chi connectivity index (χ4v) is 2.19. The zero-order valence-corrected chi connectivity index (χ0v) is 10.8. The van der Waals surface area contributed by atoms with Crippen molar-refractivity contribution in [2.24, 2.45) is 10.9 Å². The molecule has 96 valence electrons. The molecule has 1 aromatic rings. The number of dihydropyridines is 1. The number of nitrogens with one attached hydrogen (secondary N) is 1. The third-order valence-electron chi connectivity index (χ3n) is 3.11. The molecule has 0 saturated carbocycles. The zero-order valence-electron chi connectivity index (χ0n) is 10.8. The van der Waals surface area contributed by atoms with Crippen LogP contribution in [0.25, 0.3) is 5.57 Å². The first-order valence-electron chi connectivity index (χ1n) is 6.49. The van der Waals surface area contributed by atoms with Crippen molar-refractivity contribution in [3.05, 3.63) is 60.1 Å². The lowest BCUT2D eigenvalue weighted by Crippen LogP contribution is -2.08. The third-order valence-corrected chi connectivity index (χ3v) is 3.11. The third kappa shape index (κ3) is 2.60. The molecule has 2 bridgehead atoms. The van der Waals surface area contributed by atoms with Crippen molar-refractivity contribution >= 4 is 11.8 Å².